The Kier molecular flexibility index (Phi) is 5.29. The fourth-order valence-electron chi connectivity index (χ4n) is 3.28. The van der Waals surface area contributed by atoms with Crippen molar-refractivity contribution in [3.8, 4) is 11.4 Å². The van der Waals surface area contributed by atoms with Gasteiger partial charge in [0.2, 0.25) is 0 Å². The maximum atomic E-state index is 13.0. The van der Waals surface area contributed by atoms with Crippen LogP contribution in [0, 0.1) is 0 Å². The lowest BCUT2D eigenvalue weighted by molar-refractivity contribution is 0.0956. The fourth-order valence-corrected chi connectivity index (χ4v) is 4.43. The van der Waals surface area contributed by atoms with E-state index in [9.17, 15) is 13.2 Å². The molecule has 1 N–H and O–H groups in total. The Bertz CT molecular complexity index is 1400. The maximum Gasteiger partial charge on any atom is 0.300 e. The molecule has 32 heavy (non-hydrogen) atoms. The average molecular weight is 454 g/mol. The number of fused-ring (bicyclic) bond motifs is 1. The van der Waals surface area contributed by atoms with Gasteiger partial charge in [0.05, 0.1) is 12.8 Å². The second-order valence-corrected chi connectivity index (χ2v) is 9.98. The van der Waals surface area contributed by atoms with Gasteiger partial charge in [-0.05, 0) is 47.4 Å². The molecule has 0 spiro atoms. The fraction of sp³-hybridized carbons (Fsp3) is 0.217. The molecule has 9 heteroatoms. The number of methoxy groups -OCH3 is 1. The third-order valence-corrected chi connectivity index (χ3v) is 6.39. The molecule has 4 rings (SSSR count). The molecule has 0 saturated heterocycles. The SMILES string of the molecule is COc1ccc(C(C)(C)C)cc1S(=O)(=O)NC(=O)c1cc2ccc(-n3cccn3)cc2o1. The minimum atomic E-state index is -4.21. The van der Waals surface area contributed by atoms with Crippen molar-refractivity contribution < 1.29 is 22.4 Å². The quantitative estimate of drug-likeness (QED) is 0.489. The van der Waals surface area contributed by atoms with E-state index in [1.54, 1.807) is 47.4 Å². The van der Waals surface area contributed by atoms with E-state index in [0.29, 0.717) is 11.0 Å². The molecule has 166 valence electrons. The summed E-state index contributed by atoms with van der Waals surface area (Å²) in [6.07, 6.45) is 3.43. The van der Waals surface area contributed by atoms with Crippen LogP contribution in [0.4, 0.5) is 0 Å². The van der Waals surface area contributed by atoms with E-state index < -0.39 is 15.9 Å². The second-order valence-electron chi connectivity index (χ2n) is 8.33. The van der Waals surface area contributed by atoms with Gasteiger partial charge in [-0.3, -0.25) is 4.79 Å². The maximum absolute atomic E-state index is 13.0. The van der Waals surface area contributed by atoms with E-state index in [2.05, 4.69) is 9.82 Å². The average Bonchev–Trinajstić information content (AvgIpc) is 3.41. The molecule has 0 saturated carbocycles. The predicted molar refractivity (Wildman–Crippen MR) is 120 cm³/mol. The number of nitrogens with zero attached hydrogens (tertiary/aromatic N) is 2. The topological polar surface area (TPSA) is 103 Å². The van der Waals surface area contributed by atoms with Crippen LogP contribution in [0.15, 0.2) is 70.2 Å². The highest BCUT2D eigenvalue weighted by Crippen LogP contribution is 2.31. The molecule has 2 aromatic carbocycles. The van der Waals surface area contributed by atoms with Crippen LogP contribution in [-0.4, -0.2) is 31.2 Å². The molecule has 2 heterocycles. The number of hydrogen-bond acceptors (Lipinski definition) is 6. The first-order chi connectivity index (χ1) is 15.1. The highest BCUT2D eigenvalue weighted by molar-refractivity contribution is 7.90. The second kappa shape index (κ2) is 7.83. The molecule has 0 aliphatic heterocycles. The minimum Gasteiger partial charge on any atom is -0.495 e. The largest absolute Gasteiger partial charge is 0.495 e. The van der Waals surface area contributed by atoms with Crippen molar-refractivity contribution >= 4 is 26.9 Å². The predicted octanol–water partition coefficient (Wildman–Crippen LogP) is 4.04. The number of aromatic nitrogens is 2. The van der Waals surface area contributed by atoms with Gasteiger partial charge in [0.15, 0.2) is 5.76 Å². The number of amides is 1. The normalized spacial score (nSPS) is 12.1. The first kappa shape index (κ1) is 21.6. The first-order valence-corrected chi connectivity index (χ1v) is 11.4. The Morgan fingerprint density at radius 2 is 1.91 bits per heavy atom. The van der Waals surface area contributed by atoms with Crippen molar-refractivity contribution in [1.82, 2.24) is 14.5 Å². The van der Waals surface area contributed by atoms with E-state index in [4.69, 9.17) is 9.15 Å². The number of carbonyl (C=O) groups excluding carboxylic acids is 1. The van der Waals surface area contributed by atoms with Crippen LogP contribution in [0.3, 0.4) is 0 Å². The van der Waals surface area contributed by atoms with Crippen molar-refractivity contribution in [2.75, 3.05) is 7.11 Å². The van der Waals surface area contributed by atoms with Crippen molar-refractivity contribution in [1.29, 1.82) is 0 Å². The van der Waals surface area contributed by atoms with Gasteiger partial charge in [0, 0.05) is 23.8 Å². The highest BCUT2D eigenvalue weighted by atomic mass is 32.2. The summed E-state index contributed by atoms with van der Waals surface area (Å²) in [4.78, 5) is 12.6. The van der Waals surface area contributed by atoms with E-state index in [1.807, 2.05) is 26.8 Å². The van der Waals surface area contributed by atoms with E-state index in [-0.39, 0.29) is 21.8 Å². The van der Waals surface area contributed by atoms with Gasteiger partial charge in [0.25, 0.3) is 10.0 Å². The molecule has 0 radical (unpaired) electrons. The first-order valence-electron chi connectivity index (χ1n) is 9.88. The molecule has 0 aliphatic carbocycles. The summed E-state index contributed by atoms with van der Waals surface area (Å²) >= 11 is 0. The molecule has 0 fully saturated rings. The molecule has 0 bridgehead atoms. The van der Waals surface area contributed by atoms with E-state index >= 15 is 0 Å². The minimum absolute atomic E-state index is 0.113. The smallest absolute Gasteiger partial charge is 0.300 e. The molecular formula is C23H23N3O5S. The number of sulfonamides is 1. The number of carbonyl (C=O) groups is 1. The molecule has 8 nitrogen and oxygen atoms in total. The third kappa shape index (κ3) is 4.11. The van der Waals surface area contributed by atoms with Crippen LogP contribution in [0.1, 0.15) is 36.9 Å². The summed E-state index contributed by atoms with van der Waals surface area (Å²) in [6.45, 7) is 5.90. The monoisotopic (exact) mass is 453 g/mol. The third-order valence-electron chi connectivity index (χ3n) is 5.04. The summed E-state index contributed by atoms with van der Waals surface area (Å²) in [6, 6.07) is 13.5. The van der Waals surface area contributed by atoms with Crippen LogP contribution in [0.2, 0.25) is 0 Å². The standard InChI is InChI=1S/C23H23N3O5S/c1-23(2,3)16-7-9-18(30-4)21(13-16)32(28,29)25-22(27)20-12-15-6-8-17(14-19(15)31-20)26-11-5-10-24-26/h5-14H,1-4H3,(H,25,27). The summed E-state index contributed by atoms with van der Waals surface area (Å²) in [5, 5.41) is 4.83. The zero-order valence-electron chi connectivity index (χ0n) is 18.1. The van der Waals surface area contributed by atoms with Crippen molar-refractivity contribution in [2.45, 2.75) is 31.1 Å². The Morgan fingerprint density at radius 1 is 1.12 bits per heavy atom. The van der Waals surface area contributed by atoms with Gasteiger partial charge in [-0.15, -0.1) is 0 Å². The summed E-state index contributed by atoms with van der Waals surface area (Å²) in [5.41, 5.74) is 1.69. The van der Waals surface area contributed by atoms with Crippen molar-refractivity contribution in [3.63, 3.8) is 0 Å². The molecule has 1 amide bonds. The summed E-state index contributed by atoms with van der Waals surface area (Å²) in [7, 11) is -2.83. The van der Waals surface area contributed by atoms with Gasteiger partial charge in [-0.2, -0.15) is 5.10 Å². The molecule has 2 aromatic heterocycles. The lowest BCUT2D eigenvalue weighted by Gasteiger charge is -2.21. The molecule has 0 atom stereocenters. The van der Waals surface area contributed by atoms with Crippen LogP contribution in [0.25, 0.3) is 16.7 Å². The molecule has 4 aromatic rings. The van der Waals surface area contributed by atoms with Crippen LogP contribution >= 0.6 is 0 Å². The number of hydrogen-bond donors (Lipinski definition) is 1. The lowest BCUT2D eigenvalue weighted by Crippen LogP contribution is -2.31. The van der Waals surface area contributed by atoms with Gasteiger partial charge < -0.3 is 9.15 Å². The van der Waals surface area contributed by atoms with Gasteiger partial charge >= 0.3 is 5.91 Å². The Labute approximate surface area is 185 Å². The number of nitrogens with one attached hydrogen (secondary N) is 1. The van der Waals surface area contributed by atoms with Gasteiger partial charge in [-0.25, -0.2) is 17.8 Å². The Morgan fingerprint density at radius 3 is 2.56 bits per heavy atom. The summed E-state index contributed by atoms with van der Waals surface area (Å²) < 4.78 is 40.7. The van der Waals surface area contributed by atoms with Crippen LogP contribution < -0.4 is 9.46 Å². The highest BCUT2D eigenvalue weighted by Gasteiger charge is 2.27. The Hall–Kier alpha value is -3.59. The van der Waals surface area contributed by atoms with Crippen molar-refractivity contribution in [3.05, 3.63) is 72.2 Å². The summed E-state index contributed by atoms with van der Waals surface area (Å²) in [5.74, 6) is -0.844. The number of furan rings is 1. The number of ether oxygens (including phenoxy) is 1. The number of benzene rings is 2. The van der Waals surface area contributed by atoms with E-state index in [1.165, 1.54) is 19.2 Å². The zero-order valence-corrected chi connectivity index (χ0v) is 18.9. The molecular weight excluding hydrogens is 430 g/mol. The lowest BCUT2D eigenvalue weighted by atomic mass is 9.87. The molecule has 0 unspecified atom stereocenters. The van der Waals surface area contributed by atoms with E-state index in [0.717, 1.165) is 11.3 Å². The van der Waals surface area contributed by atoms with Crippen LogP contribution in [0.5, 0.6) is 5.75 Å². The number of rotatable bonds is 5. The van der Waals surface area contributed by atoms with Gasteiger partial charge in [-0.1, -0.05) is 26.8 Å². The zero-order chi connectivity index (χ0) is 23.1. The molecule has 0 aliphatic rings. The van der Waals surface area contributed by atoms with Crippen molar-refractivity contribution in [2.24, 2.45) is 0 Å². The van der Waals surface area contributed by atoms with Crippen LogP contribution in [-0.2, 0) is 15.4 Å². The van der Waals surface area contributed by atoms with Gasteiger partial charge in [0.1, 0.15) is 16.2 Å². The Balaban J connectivity index is 1.65.